The van der Waals surface area contributed by atoms with Gasteiger partial charge in [0.25, 0.3) is 0 Å². The predicted octanol–water partition coefficient (Wildman–Crippen LogP) is 1.98. The van der Waals surface area contributed by atoms with Crippen molar-refractivity contribution < 1.29 is 8.42 Å². The molecule has 1 aromatic rings. The predicted molar refractivity (Wildman–Crippen MR) is 101 cm³/mol. The van der Waals surface area contributed by atoms with Gasteiger partial charge < -0.3 is 4.90 Å². The summed E-state index contributed by atoms with van der Waals surface area (Å²) in [6.07, 6.45) is 7.90. The van der Waals surface area contributed by atoms with Crippen molar-refractivity contribution in [3.05, 3.63) is 23.9 Å². The SMILES string of the molecule is CCCS(=O)(=O)NCc1ccc(N2CCN(C3CCCC3)CC2)nc1. The minimum absolute atomic E-state index is 0.170. The van der Waals surface area contributed by atoms with E-state index in [0.717, 1.165) is 43.6 Å². The van der Waals surface area contributed by atoms with E-state index in [9.17, 15) is 8.42 Å². The fraction of sp³-hybridized carbons (Fsp3) is 0.722. The number of hydrogen-bond donors (Lipinski definition) is 1. The normalized spacial score (nSPS) is 20.3. The van der Waals surface area contributed by atoms with Crippen molar-refractivity contribution in [3.63, 3.8) is 0 Å². The summed E-state index contributed by atoms with van der Waals surface area (Å²) in [6.45, 7) is 6.45. The van der Waals surface area contributed by atoms with Gasteiger partial charge in [0.2, 0.25) is 10.0 Å². The van der Waals surface area contributed by atoms with E-state index in [0.29, 0.717) is 13.0 Å². The van der Waals surface area contributed by atoms with E-state index in [1.54, 1.807) is 6.20 Å². The van der Waals surface area contributed by atoms with E-state index >= 15 is 0 Å². The number of piperazine rings is 1. The third-order valence-corrected chi connectivity index (χ3v) is 6.79. The van der Waals surface area contributed by atoms with Gasteiger partial charge in [-0.3, -0.25) is 4.90 Å². The van der Waals surface area contributed by atoms with Crippen LogP contribution in [-0.2, 0) is 16.6 Å². The van der Waals surface area contributed by atoms with Gasteiger partial charge in [-0.25, -0.2) is 18.1 Å². The first-order valence-electron chi connectivity index (χ1n) is 9.48. The minimum Gasteiger partial charge on any atom is -0.354 e. The van der Waals surface area contributed by atoms with Gasteiger partial charge in [-0.05, 0) is 30.9 Å². The van der Waals surface area contributed by atoms with Gasteiger partial charge >= 0.3 is 0 Å². The Kier molecular flexibility index (Phi) is 6.30. The van der Waals surface area contributed by atoms with Crippen LogP contribution < -0.4 is 9.62 Å². The van der Waals surface area contributed by atoms with Crippen molar-refractivity contribution in [1.82, 2.24) is 14.6 Å². The third-order valence-electron chi connectivity index (χ3n) is 5.26. The highest BCUT2D eigenvalue weighted by Gasteiger charge is 2.26. The molecule has 6 nitrogen and oxygen atoms in total. The Balaban J connectivity index is 1.49. The van der Waals surface area contributed by atoms with E-state index in [2.05, 4.69) is 19.5 Å². The number of nitrogens with one attached hydrogen (secondary N) is 1. The van der Waals surface area contributed by atoms with E-state index in [-0.39, 0.29) is 5.75 Å². The molecule has 2 aliphatic rings. The summed E-state index contributed by atoms with van der Waals surface area (Å²) in [5.41, 5.74) is 0.896. The monoisotopic (exact) mass is 366 g/mol. The van der Waals surface area contributed by atoms with Crippen LogP contribution in [0.4, 0.5) is 5.82 Å². The molecule has 3 rings (SSSR count). The lowest BCUT2D eigenvalue weighted by molar-refractivity contribution is 0.187. The quantitative estimate of drug-likeness (QED) is 0.799. The van der Waals surface area contributed by atoms with Gasteiger partial charge in [0.1, 0.15) is 5.82 Å². The van der Waals surface area contributed by atoms with E-state index in [4.69, 9.17) is 0 Å². The lowest BCUT2D eigenvalue weighted by Crippen LogP contribution is -2.50. The second-order valence-electron chi connectivity index (χ2n) is 7.13. The van der Waals surface area contributed by atoms with Gasteiger partial charge in [0, 0.05) is 45.0 Å². The average molecular weight is 367 g/mol. The molecule has 0 radical (unpaired) electrons. The Hall–Kier alpha value is -1.18. The van der Waals surface area contributed by atoms with Crippen molar-refractivity contribution in [1.29, 1.82) is 0 Å². The molecule has 1 aliphatic carbocycles. The lowest BCUT2D eigenvalue weighted by Gasteiger charge is -2.38. The summed E-state index contributed by atoms with van der Waals surface area (Å²) in [5.74, 6) is 1.16. The highest BCUT2D eigenvalue weighted by atomic mass is 32.2. The number of anilines is 1. The Morgan fingerprint density at radius 1 is 1.16 bits per heavy atom. The molecular weight excluding hydrogens is 336 g/mol. The molecule has 25 heavy (non-hydrogen) atoms. The molecule has 140 valence electrons. The summed E-state index contributed by atoms with van der Waals surface area (Å²) in [6, 6.07) is 4.78. The number of hydrogen-bond acceptors (Lipinski definition) is 5. The van der Waals surface area contributed by atoms with Gasteiger partial charge in [0.05, 0.1) is 5.75 Å². The molecule has 0 spiro atoms. The van der Waals surface area contributed by atoms with Gasteiger partial charge in [-0.1, -0.05) is 25.8 Å². The van der Waals surface area contributed by atoms with Crippen LogP contribution in [0.25, 0.3) is 0 Å². The second-order valence-corrected chi connectivity index (χ2v) is 9.05. The third kappa shape index (κ3) is 5.15. The summed E-state index contributed by atoms with van der Waals surface area (Å²) < 4.78 is 26.1. The van der Waals surface area contributed by atoms with Gasteiger partial charge in [-0.15, -0.1) is 0 Å². The Labute approximate surface area is 151 Å². The van der Waals surface area contributed by atoms with Crippen LogP contribution in [-0.4, -0.2) is 56.3 Å². The maximum Gasteiger partial charge on any atom is 0.211 e. The number of aromatic nitrogens is 1. The van der Waals surface area contributed by atoms with Crippen LogP contribution in [0, 0.1) is 0 Å². The van der Waals surface area contributed by atoms with E-state index < -0.39 is 10.0 Å². The fourth-order valence-electron chi connectivity index (χ4n) is 3.83. The van der Waals surface area contributed by atoms with Crippen molar-refractivity contribution >= 4 is 15.8 Å². The molecule has 0 atom stereocenters. The number of pyridine rings is 1. The molecule has 0 aromatic carbocycles. The Morgan fingerprint density at radius 3 is 2.48 bits per heavy atom. The van der Waals surface area contributed by atoms with Gasteiger partial charge in [-0.2, -0.15) is 0 Å². The average Bonchev–Trinajstić information content (AvgIpc) is 3.15. The van der Waals surface area contributed by atoms with Crippen LogP contribution in [0.1, 0.15) is 44.6 Å². The summed E-state index contributed by atoms with van der Waals surface area (Å²) in [7, 11) is -3.17. The molecular formula is C18H30N4O2S. The Morgan fingerprint density at radius 2 is 1.88 bits per heavy atom. The fourth-order valence-corrected chi connectivity index (χ4v) is 4.90. The lowest BCUT2D eigenvalue weighted by atomic mass is 10.2. The molecule has 2 heterocycles. The standard InChI is InChI=1S/C18H30N4O2S/c1-2-13-25(23,24)20-15-16-7-8-18(19-14-16)22-11-9-21(10-12-22)17-5-3-4-6-17/h7-8,14,17,20H,2-6,9-13,15H2,1H3. The van der Waals surface area contributed by atoms with E-state index in [1.807, 2.05) is 19.1 Å². The van der Waals surface area contributed by atoms with Gasteiger partial charge in [0.15, 0.2) is 0 Å². The maximum absolute atomic E-state index is 11.7. The smallest absolute Gasteiger partial charge is 0.211 e. The molecule has 0 amide bonds. The van der Waals surface area contributed by atoms with Crippen molar-refractivity contribution in [2.45, 2.75) is 51.6 Å². The molecule has 0 unspecified atom stereocenters. The maximum atomic E-state index is 11.7. The second kappa shape index (κ2) is 8.47. The largest absolute Gasteiger partial charge is 0.354 e. The van der Waals surface area contributed by atoms with Crippen LogP contribution in [0.3, 0.4) is 0 Å². The molecule has 1 aromatic heterocycles. The highest BCUT2D eigenvalue weighted by Crippen LogP contribution is 2.25. The van der Waals surface area contributed by atoms with Crippen LogP contribution in [0.5, 0.6) is 0 Å². The number of nitrogens with zero attached hydrogens (tertiary/aromatic N) is 3. The van der Waals surface area contributed by atoms with Crippen molar-refractivity contribution in [3.8, 4) is 0 Å². The highest BCUT2D eigenvalue weighted by molar-refractivity contribution is 7.89. The van der Waals surface area contributed by atoms with Crippen LogP contribution in [0.2, 0.25) is 0 Å². The topological polar surface area (TPSA) is 65.5 Å². The number of sulfonamides is 1. The molecule has 1 aliphatic heterocycles. The van der Waals surface area contributed by atoms with Crippen molar-refractivity contribution in [2.24, 2.45) is 0 Å². The first-order chi connectivity index (χ1) is 12.1. The first kappa shape index (κ1) is 18.6. The summed E-state index contributed by atoms with van der Waals surface area (Å²) in [5, 5.41) is 0. The first-order valence-corrected chi connectivity index (χ1v) is 11.1. The zero-order valence-corrected chi connectivity index (χ0v) is 16.0. The molecule has 1 N–H and O–H groups in total. The Bertz CT molecular complexity index is 634. The zero-order valence-electron chi connectivity index (χ0n) is 15.2. The van der Waals surface area contributed by atoms with Crippen molar-refractivity contribution in [2.75, 3.05) is 36.8 Å². The molecule has 1 saturated carbocycles. The zero-order chi connectivity index (χ0) is 17.7. The van der Waals surface area contributed by atoms with Crippen LogP contribution >= 0.6 is 0 Å². The molecule has 1 saturated heterocycles. The summed E-state index contributed by atoms with van der Waals surface area (Å²) in [4.78, 5) is 9.51. The van der Waals surface area contributed by atoms with Crippen LogP contribution in [0.15, 0.2) is 18.3 Å². The van der Waals surface area contributed by atoms with E-state index in [1.165, 1.54) is 25.7 Å². The molecule has 7 heteroatoms. The summed E-state index contributed by atoms with van der Waals surface area (Å²) >= 11 is 0. The molecule has 0 bridgehead atoms. The number of rotatable bonds is 7. The minimum atomic E-state index is -3.17. The molecule has 2 fully saturated rings.